The van der Waals surface area contributed by atoms with E-state index < -0.39 is 0 Å². The number of nitrogens with two attached hydrogens (primary N) is 1. The van der Waals surface area contributed by atoms with Crippen LogP contribution in [0.15, 0.2) is 24.5 Å². The molecule has 2 aromatic rings. The van der Waals surface area contributed by atoms with E-state index in [1.807, 2.05) is 23.9 Å². The second-order valence-corrected chi connectivity index (χ2v) is 4.05. The van der Waals surface area contributed by atoms with Crippen LogP contribution < -0.4 is 5.73 Å². The minimum absolute atomic E-state index is 0.689. The highest BCUT2D eigenvalue weighted by molar-refractivity contribution is 5.18. The summed E-state index contributed by atoms with van der Waals surface area (Å²) in [5, 5.41) is 8.22. The van der Waals surface area contributed by atoms with Gasteiger partial charge in [0.1, 0.15) is 0 Å². The van der Waals surface area contributed by atoms with E-state index >= 15 is 0 Å². The van der Waals surface area contributed by atoms with E-state index in [0.29, 0.717) is 6.54 Å². The molecule has 0 radical (unpaired) electrons. The van der Waals surface area contributed by atoms with Crippen molar-refractivity contribution in [2.75, 3.05) is 6.54 Å². The molecule has 0 aliphatic carbocycles. The second kappa shape index (κ2) is 5.54. The normalized spacial score (nSPS) is 10.7. The molecule has 2 heterocycles. The van der Waals surface area contributed by atoms with Crippen molar-refractivity contribution >= 4 is 0 Å². The minimum Gasteiger partial charge on any atom is -0.330 e. The lowest BCUT2D eigenvalue weighted by Gasteiger charge is -2.03. The molecule has 5 heteroatoms. The lowest BCUT2D eigenvalue weighted by molar-refractivity contribution is 0.644. The van der Waals surface area contributed by atoms with Crippen LogP contribution in [-0.4, -0.2) is 26.5 Å². The SMILES string of the molecule is Cc1ncccc1Cn1cc(CCCN)nn1. The van der Waals surface area contributed by atoms with Gasteiger partial charge in [0, 0.05) is 18.1 Å². The molecule has 0 aromatic carbocycles. The molecule has 2 rings (SSSR count). The molecule has 2 aromatic heterocycles. The summed E-state index contributed by atoms with van der Waals surface area (Å²) < 4.78 is 1.84. The Morgan fingerprint density at radius 1 is 1.41 bits per heavy atom. The second-order valence-electron chi connectivity index (χ2n) is 4.05. The minimum atomic E-state index is 0.689. The lowest BCUT2D eigenvalue weighted by atomic mass is 10.2. The molecule has 0 atom stereocenters. The highest BCUT2D eigenvalue weighted by Crippen LogP contribution is 2.06. The van der Waals surface area contributed by atoms with Gasteiger partial charge in [0.2, 0.25) is 0 Å². The Kier molecular flexibility index (Phi) is 3.82. The van der Waals surface area contributed by atoms with Gasteiger partial charge in [0.25, 0.3) is 0 Å². The average molecular weight is 231 g/mol. The maximum Gasteiger partial charge on any atom is 0.0827 e. The summed E-state index contributed by atoms with van der Waals surface area (Å²) in [6.45, 7) is 3.41. The molecule has 0 unspecified atom stereocenters. The van der Waals surface area contributed by atoms with Gasteiger partial charge < -0.3 is 5.73 Å². The molecular weight excluding hydrogens is 214 g/mol. The van der Waals surface area contributed by atoms with Crippen LogP contribution in [0.4, 0.5) is 0 Å². The van der Waals surface area contributed by atoms with E-state index in [2.05, 4.69) is 21.4 Å². The number of nitrogens with zero attached hydrogens (tertiary/aromatic N) is 4. The molecule has 0 aliphatic heterocycles. The molecule has 0 saturated heterocycles. The number of rotatable bonds is 5. The third-order valence-electron chi connectivity index (χ3n) is 2.67. The molecule has 0 fully saturated rings. The lowest BCUT2D eigenvalue weighted by Crippen LogP contribution is -2.03. The van der Waals surface area contributed by atoms with E-state index in [1.54, 1.807) is 6.20 Å². The van der Waals surface area contributed by atoms with Crippen LogP contribution in [0, 0.1) is 6.92 Å². The van der Waals surface area contributed by atoms with E-state index in [0.717, 1.165) is 30.8 Å². The van der Waals surface area contributed by atoms with E-state index in [9.17, 15) is 0 Å². The molecule has 0 bridgehead atoms. The Hall–Kier alpha value is -1.75. The zero-order valence-electron chi connectivity index (χ0n) is 10.0. The molecule has 0 saturated carbocycles. The Labute approximate surface area is 101 Å². The van der Waals surface area contributed by atoms with Crippen molar-refractivity contribution in [3.63, 3.8) is 0 Å². The van der Waals surface area contributed by atoms with Crippen LogP contribution in [0.1, 0.15) is 23.4 Å². The Morgan fingerprint density at radius 2 is 2.29 bits per heavy atom. The van der Waals surface area contributed by atoms with Gasteiger partial charge in [0.15, 0.2) is 0 Å². The molecular formula is C12H17N5. The molecule has 0 amide bonds. The first-order valence-corrected chi connectivity index (χ1v) is 5.79. The van der Waals surface area contributed by atoms with Gasteiger partial charge >= 0.3 is 0 Å². The van der Waals surface area contributed by atoms with Gasteiger partial charge in [-0.05, 0) is 37.9 Å². The first kappa shape index (κ1) is 11.7. The first-order chi connectivity index (χ1) is 8.29. The van der Waals surface area contributed by atoms with Crippen LogP contribution in [0.3, 0.4) is 0 Å². The van der Waals surface area contributed by atoms with Crippen molar-refractivity contribution in [2.24, 2.45) is 5.73 Å². The van der Waals surface area contributed by atoms with Crippen molar-refractivity contribution in [2.45, 2.75) is 26.3 Å². The predicted molar refractivity (Wildman–Crippen MR) is 65.5 cm³/mol. The summed E-state index contributed by atoms with van der Waals surface area (Å²) in [5.74, 6) is 0. The fraction of sp³-hybridized carbons (Fsp3) is 0.417. The zero-order chi connectivity index (χ0) is 12.1. The van der Waals surface area contributed by atoms with Crippen molar-refractivity contribution in [3.8, 4) is 0 Å². The summed E-state index contributed by atoms with van der Waals surface area (Å²) in [7, 11) is 0. The van der Waals surface area contributed by atoms with Crippen LogP contribution in [0.5, 0.6) is 0 Å². The van der Waals surface area contributed by atoms with Gasteiger partial charge in [0.05, 0.1) is 12.2 Å². The van der Waals surface area contributed by atoms with Gasteiger partial charge in [-0.2, -0.15) is 0 Å². The summed E-state index contributed by atoms with van der Waals surface area (Å²) in [5.41, 5.74) is 8.66. The van der Waals surface area contributed by atoms with E-state index in [4.69, 9.17) is 5.73 Å². The summed E-state index contributed by atoms with van der Waals surface area (Å²) in [4.78, 5) is 4.25. The average Bonchev–Trinajstić information content (AvgIpc) is 2.77. The monoisotopic (exact) mass is 231 g/mol. The van der Waals surface area contributed by atoms with Crippen LogP contribution in [0.25, 0.3) is 0 Å². The smallest absolute Gasteiger partial charge is 0.0827 e. The highest BCUT2D eigenvalue weighted by atomic mass is 15.4. The Bertz CT molecular complexity index is 477. The molecule has 2 N–H and O–H groups in total. The van der Waals surface area contributed by atoms with E-state index in [1.165, 1.54) is 5.56 Å². The van der Waals surface area contributed by atoms with Crippen LogP contribution in [-0.2, 0) is 13.0 Å². The fourth-order valence-corrected chi connectivity index (χ4v) is 1.67. The van der Waals surface area contributed by atoms with Gasteiger partial charge in [-0.25, -0.2) is 4.68 Å². The Morgan fingerprint density at radius 3 is 3.06 bits per heavy atom. The third kappa shape index (κ3) is 3.10. The standard InChI is InChI=1S/C12H17N5/c1-10-11(4-3-7-14-10)8-17-9-12(15-16-17)5-2-6-13/h3-4,7,9H,2,5-6,8,13H2,1H3. The van der Waals surface area contributed by atoms with Crippen LogP contribution >= 0.6 is 0 Å². The predicted octanol–water partition coefficient (Wildman–Crippen LogP) is 0.921. The molecule has 5 nitrogen and oxygen atoms in total. The van der Waals surface area contributed by atoms with Gasteiger partial charge in [-0.15, -0.1) is 5.10 Å². The maximum absolute atomic E-state index is 5.46. The van der Waals surface area contributed by atoms with Crippen molar-refractivity contribution in [1.29, 1.82) is 0 Å². The van der Waals surface area contributed by atoms with E-state index in [-0.39, 0.29) is 0 Å². The number of hydrogen-bond donors (Lipinski definition) is 1. The number of pyridine rings is 1. The third-order valence-corrected chi connectivity index (χ3v) is 2.67. The largest absolute Gasteiger partial charge is 0.330 e. The topological polar surface area (TPSA) is 69.6 Å². The van der Waals surface area contributed by atoms with Crippen LogP contribution in [0.2, 0.25) is 0 Å². The zero-order valence-corrected chi connectivity index (χ0v) is 10.0. The molecule has 0 spiro atoms. The number of hydrogen-bond acceptors (Lipinski definition) is 4. The fourth-order valence-electron chi connectivity index (χ4n) is 1.67. The summed E-state index contributed by atoms with van der Waals surface area (Å²) >= 11 is 0. The molecule has 0 aliphatic rings. The maximum atomic E-state index is 5.46. The van der Waals surface area contributed by atoms with Crippen molar-refractivity contribution in [1.82, 2.24) is 20.0 Å². The van der Waals surface area contributed by atoms with Gasteiger partial charge in [-0.1, -0.05) is 11.3 Å². The van der Waals surface area contributed by atoms with Gasteiger partial charge in [-0.3, -0.25) is 4.98 Å². The summed E-state index contributed by atoms with van der Waals surface area (Å²) in [6, 6.07) is 4.00. The number of aromatic nitrogens is 4. The van der Waals surface area contributed by atoms with Crippen molar-refractivity contribution < 1.29 is 0 Å². The highest BCUT2D eigenvalue weighted by Gasteiger charge is 2.03. The number of aryl methyl sites for hydroxylation is 2. The molecule has 17 heavy (non-hydrogen) atoms. The summed E-state index contributed by atoms with van der Waals surface area (Å²) in [6.07, 6.45) is 5.61. The molecule has 90 valence electrons. The Balaban J connectivity index is 2.04. The van der Waals surface area contributed by atoms with Crippen molar-refractivity contribution in [3.05, 3.63) is 41.5 Å². The first-order valence-electron chi connectivity index (χ1n) is 5.79. The quantitative estimate of drug-likeness (QED) is 0.830.